The molecule has 0 aromatic heterocycles. The van der Waals surface area contributed by atoms with Gasteiger partial charge in [0.15, 0.2) is 0 Å². The number of aryl methyl sites for hydroxylation is 1. The zero-order chi connectivity index (χ0) is 13.3. The lowest BCUT2D eigenvalue weighted by atomic mass is 10.1. The first-order chi connectivity index (χ1) is 8.47. The second kappa shape index (κ2) is 5.22. The van der Waals surface area contributed by atoms with Gasteiger partial charge in [0, 0.05) is 23.6 Å². The zero-order valence-corrected chi connectivity index (χ0v) is 11.8. The number of aromatic carboxylic acids is 1. The highest BCUT2D eigenvalue weighted by atomic mass is 32.2. The van der Waals surface area contributed by atoms with Crippen LogP contribution in [0.15, 0.2) is 18.2 Å². The Kier molecular flexibility index (Phi) is 3.85. The molecule has 0 aliphatic carbocycles. The minimum Gasteiger partial charge on any atom is -0.478 e. The molecule has 1 aliphatic heterocycles. The van der Waals surface area contributed by atoms with Crippen molar-refractivity contribution in [2.24, 2.45) is 0 Å². The summed E-state index contributed by atoms with van der Waals surface area (Å²) < 4.78 is 0. The quantitative estimate of drug-likeness (QED) is 0.892. The monoisotopic (exact) mass is 265 g/mol. The van der Waals surface area contributed by atoms with E-state index in [0.717, 1.165) is 24.3 Å². The predicted molar refractivity (Wildman–Crippen MR) is 76.9 cm³/mol. The third kappa shape index (κ3) is 2.80. The second-order valence-corrected chi connectivity index (χ2v) is 6.87. The standard InChI is InChI=1S/C14H19NO2S/c1-9-4-5-13(12(6-9)14(16)17)15-7-10(2)18-11(3)8-15/h4-6,10-11H,7-8H2,1-3H3,(H,16,17). The van der Waals surface area contributed by atoms with E-state index >= 15 is 0 Å². The summed E-state index contributed by atoms with van der Waals surface area (Å²) >= 11 is 1.97. The Morgan fingerprint density at radius 1 is 1.33 bits per heavy atom. The van der Waals surface area contributed by atoms with Gasteiger partial charge in [-0.3, -0.25) is 0 Å². The first-order valence-corrected chi connectivity index (χ1v) is 7.16. The number of nitrogens with zero attached hydrogens (tertiary/aromatic N) is 1. The molecule has 1 aliphatic rings. The highest BCUT2D eigenvalue weighted by molar-refractivity contribution is 8.00. The molecule has 0 saturated carbocycles. The van der Waals surface area contributed by atoms with E-state index in [0.29, 0.717) is 16.1 Å². The summed E-state index contributed by atoms with van der Waals surface area (Å²) in [4.78, 5) is 13.6. The molecule has 1 aromatic carbocycles. The predicted octanol–water partition coefficient (Wildman–Crippen LogP) is 3.02. The van der Waals surface area contributed by atoms with Gasteiger partial charge in [-0.25, -0.2) is 4.79 Å². The Hall–Kier alpha value is -1.16. The van der Waals surface area contributed by atoms with Crippen molar-refractivity contribution in [3.05, 3.63) is 29.3 Å². The summed E-state index contributed by atoms with van der Waals surface area (Å²) in [6, 6.07) is 5.68. The fourth-order valence-corrected chi connectivity index (χ4v) is 3.80. The van der Waals surface area contributed by atoms with Gasteiger partial charge in [-0.1, -0.05) is 25.5 Å². The zero-order valence-electron chi connectivity index (χ0n) is 11.0. The maximum atomic E-state index is 11.3. The molecule has 18 heavy (non-hydrogen) atoms. The number of carboxylic acid groups (broad SMARTS) is 1. The minimum absolute atomic E-state index is 0.418. The van der Waals surface area contributed by atoms with E-state index in [4.69, 9.17) is 0 Å². The second-order valence-electron chi connectivity index (χ2n) is 4.99. The first-order valence-electron chi connectivity index (χ1n) is 6.21. The number of carbonyl (C=O) groups is 1. The molecule has 98 valence electrons. The highest BCUT2D eigenvalue weighted by Gasteiger charge is 2.25. The maximum absolute atomic E-state index is 11.3. The summed E-state index contributed by atoms with van der Waals surface area (Å²) in [6.45, 7) is 8.15. The molecule has 1 saturated heterocycles. The van der Waals surface area contributed by atoms with Crippen LogP contribution in [0.5, 0.6) is 0 Å². The number of rotatable bonds is 2. The van der Waals surface area contributed by atoms with Crippen molar-refractivity contribution in [3.8, 4) is 0 Å². The van der Waals surface area contributed by atoms with Gasteiger partial charge in [-0.15, -0.1) is 0 Å². The van der Waals surface area contributed by atoms with Crippen LogP contribution in [0.25, 0.3) is 0 Å². The van der Waals surface area contributed by atoms with Crippen molar-refractivity contribution in [3.63, 3.8) is 0 Å². The van der Waals surface area contributed by atoms with Gasteiger partial charge in [0.25, 0.3) is 0 Å². The largest absolute Gasteiger partial charge is 0.478 e. The molecule has 3 nitrogen and oxygen atoms in total. The average Bonchev–Trinajstić information content (AvgIpc) is 2.27. The normalized spacial score (nSPS) is 24.1. The van der Waals surface area contributed by atoms with Crippen LogP contribution in [-0.4, -0.2) is 34.7 Å². The molecular formula is C14H19NO2S. The van der Waals surface area contributed by atoms with Crippen molar-refractivity contribution in [2.75, 3.05) is 18.0 Å². The molecular weight excluding hydrogens is 246 g/mol. The Bertz CT molecular complexity index is 451. The summed E-state index contributed by atoms with van der Waals surface area (Å²) in [7, 11) is 0. The lowest BCUT2D eigenvalue weighted by Gasteiger charge is -2.36. The minimum atomic E-state index is -0.841. The van der Waals surface area contributed by atoms with Gasteiger partial charge >= 0.3 is 5.97 Å². The number of hydrogen-bond acceptors (Lipinski definition) is 3. The molecule has 1 N–H and O–H groups in total. The SMILES string of the molecule is Cc1ccc(N2CC(C)SC(C)C2)c(C(=O)O)c1. The van der Waals surface area contributed by atoms with E-state index in [1.807, 2.05) is 30.8 Å². The lowest BCUT2D eigenvalue weighted by Crippen LogP contribution is -2.41. The fraction of sp³-hybridized carbons (Fsp3) is 0.500. The van der Waals surface area contributed by atoms with Crippen molar-refractivity contribution >= 4 is 23.4 Å². The van der Waals surface area contributed by atoms with E-state index in [1.54, 1.807) is 6.07 Å². The molecule has 0 amide bonds. The summed E-state index contributed by atoms with van der Waals surface area (Å²) in [6.07, 6.45) is 0. The van der Waals surface area contributed by atoms with Gasteiger partial charge in [-0.2, -0.15) is 11.8 Å². The Labute approximate surface area is 112 Å². The van der Waals surface area contributed by atoms with Gasteiger partial charge in [0.2, 0.25) is 0 Å². The average molecular weight is 265 g/mol. The van der Waals surface area contributed by atoms with E-state index in [1.165, 1.54) is 0 Å². The number of anilines is 1. The number of thioether (sulfide) groups is 1. The van der Waals surface area contributed by atoms with Crippen LogP contribution in [-0.2, 0) is 0 Å². The van der Waals surface area contributed by atoms with Gasteiger partial charge < -0.3 is 10.0 Å². The Balaban J connectivity index is 2.35. The van der Waals surface area contributed by atoms with Crippen LogP contribution in [0, 0.1) is 6.92 Å². The van der Waals surface area contributed by atoms with Crippen molar-refractivity contribution in [1.29, 1.82) is 0 Å². The molecule has 0 spiro atoms. The van der Waals surface area contributed by atoms with E-state index in [2.05, 4.69) is 18.7 Å². The summed E-state index contributed by atoms with van der Waals surface area (Å²) in [5.41, 5.74) is 2.26. The molecule has 1 aromatic rings. The third-order valence-corrected chi connectivity index (χ3v) is 4.37. The smallest absolute Gasteiger partial charge is 0.337 e. The van der Waals surface area contributed by atoms with Crippen LogP contribution >= 0.6 is 11.8 Å². The van der Waals surface area contributed by atoms with Gasteiger partial charge in [-0.05, 0) is 19.1 Å². The van der Waals surface area contributed by atoms with E-state index < -0.39 is 5.97 Å². The Morgan fingerprint density at radius 3 is 2.50 bits per heavy atom. The van der Waals surface area contributed by atoms with Crippen LogP contribution in [0.3, 0.4) is 0 Å². The van der Waals surface area contributed by atoms with Crippen LogP contribution in [0.1, 0.15) is 29.8 Å². The molecule has 1 heterocycles. The third-order valence-electron chi connectivity index (χ3n) is 3.14. The fourth-order valence-electron chi connectivity index (χ4n) is 2.47. The summed E-state index contributed by atoms with van der Waals surface area (Å²) in [5.74, 6) is -0.841. The topological polar surface area (TPSA) is 40.5 Å². The molecule has 0 radical (unpaired) electrons. The van der Waals surface area contributed by atoms with Gasteiger partial charge in [0.05, 0.1) is 11.3 Å². The summed E-state index contributed by atoms with van der Waals surface area (Å²) in [5, 5.41) is 10.4. The molecule has 2 atom stereocenters. The molecule has 4 heteroatoms. The molecule has 2 unspecified atom stereocenters. The number of carboxylic acids is 1. The maximum Gasteiger partial charge on any atom is 0.337 e. The molecule has 2 rings (SSSR count). The van der Waals surface area contributed by atoms with Gasteiger partial charge in [0.1, 0.15) is 0 Å². The van der Waals surface area contributed by atoms with Crippen molar-refractivity contribution in [1.82, 2.24) is 0 Å². The van der Waals surface area contributed by atoms with Crippen LogP contribution < -0.4 is 4.90 Å². The molecule has 1 fully saturated rings. The number of hydrogen-bond donors (Lipinski definition) is 1. The van der Waals surface area contributed by atoms with Crippen LogP contribution in [0.2, 0.25) is 0 Å². The van der Waals surface area contributed by atoms with Crippen molar-refractivity contribution < 1.29 is 9.90 Å². The van der Waals surface area contributed by atoms with E-state index in [9.17, 15) is 9.90 Å². The Morgan fingerprint density at radius 2 is 1.94 bits per heavy atom. The van der Waals surface area contributed by atoms with Crippen LogP contribution in [0.4, 0.5) is 5.69 Å². The van der Waals surface area contributed by atoms with E-state index in [-0.39, 0.29) is 0 Å². The number of benzene rings is 1. The lowest BCUT2D eigenvalue weighted by molar-refractivity contribution is 0.0697. The first kappa shape index (κ1) is 13.3. The molecule has 0 bridgehead atoms. The van der Waals surface area contributed by atoms with Crippen molar-refractivity contribution in [2.45, 2.75) is 31.3 Å². The highest BCUT2D eigenvalue weighted by Crippen LogP contribution is 2.30.